The molecule has 2 fully saturated rings. The monoisotopic (exact) mass is 218 g/mol. The lowest BCUT2D eigenvalue weighted by molar-refractivity contribution is 0.426. The van der Waals surface area contributed by atoms with Crippen molar-refractivity contribution in [2.24, 2.45) is 11.8 Å². The molecule has 2 aliphatic carbocycles. The van der Waals surface area contributed by atoms with E-state index >= 15 is 0 Å². The van der Waals surface area contributed by atoms with Crippen molar-refractivity contribution in [1.82, 2.24) is 20.1 Å². The van der Waals surface area contributed by atoms with Crippen LogP contribution in [-0.4, -0.2) is 21.3 Å². The zero-order chi connectivity index (χ0) is 10.7. The second-order valence-electron chi connectivity index (χ2n) is 5.53. The first-order valence-corrected chi connectivity index (χ1v) is 6.52. The van der Waals surface area contributed by atoms with E-state index in [1.54, 1.807) is 0 Å². The summed E-state index contributed by atoms with van der Waals surface area (Å²) in [6, 6.07) is 0.369. The Balaban J connectivity index is 1.70. The van der Waals surface area contributed by atoms with Crippen LogP contribution in [0.15, 0.2) is 0 Å². The Bertz CT molecular complexity index is 415. The number of hydrogen-bond acceptors (Lipinski definition) is 3. The predicted octanol–water partition coefficient (Wildman–Crippen LogP) is 1.46. The second kappa shape index (κ2) is 3.06. The van der Waals surface area contributed by atoms with Crippen LogP contribution in [-0.2, 0) is 6.54 Å². The molecule has 4 nitrogen and oxygen atoms in total. The number of nitrogens with one attached hydrogen (secondary N) is 1. The van der Waals surface area contributed by atoms with Crippen molar-refractivity contribution in [2.45, 2.75) is 44.7 Å². The average molecular weight is 218 g/mol. The molecule has 4 rings (SSSR count). The topological polar surface area (TPSA) is 42.7 Å². The minimum Gasteiger partial charge on any atom is -0.312 e. The van der Waals surface area contributed by atoms with Crippen LogP contribution in [0.25, 0.3) is 0 Å². The molecule has 1 aromatic rings. The molecule has 0 amide bonds. The normalized spacial score (nSPS) is 40.6. The minimum atomic E-state index is 0.369. The zero-order valence-electron chi connectivity index (χ0n) is 9.69. The second-order valence-corrected chi connectivity index (χ2v) is 5.53. The average Bonchev–Trinajstić information content (AvgIpc) is 2.73. The highest BCUT2D eigenvalue weighted by Crippen LogP contribution is 2.62. The van der Waals surface area contributed by atoms with Gasteiger partial charge in [-0.05, 0) is 31.6 Å². The fourth-order valence-electron chi connectivity index (χ4n) is 3.81. The molecule has 1 aromatic heterocycles. The standard InChI is InChI=1S/C12H18N4/c1-7-11-14-15-12(16(11)6-5-13-7)10-8-3-2-4-9(8)10/h7-10,13H,2-6H2,1H3. The fourth-order valence-corrected chi connectivity index (χ4v) is 3.81. The van der Waals surface area contributed by atoms with E-state index in [9.17, 15) is 0 Å². The number of fused-ring (bicyclic) bond motifs is 2. The largest absolute Gasteiger partial charge is 0.312 e. The lowest BCUT2D eigenvalue weighted by Crippen LogP contribution is -2.32. The van der Waals surface area contributed by atoms with E-state index in [1.165, 1.54) is 25.1 Å². The first-order chi connectivity index (χ1) is 7.86. The number of rotatable bonds is 1. The number of nitrogens with zero attached hydrogens (tertiary/aromatic N) is 3. The van der Waals surface area contributed by atoms with Crippen molar-refractivity contribution < 1.29 is 0 Å². The summed E-state index contributed by atoms with van der Waals surface area (Å²) in [7, 11) is 0. The summed E-state index contributed by atoms with van der Waals surface area (Å²) < 4.78 is 2.38. The van der Waals surface area contributed by atoms with E-state index in [0.717, 1.165) is 36.7 Å². The van der Waals surface area contributed by atoms with Crippen LogP contribution >= 0.6 is 0 Å². The number of hydrogen-bond donors (Lipinski definition) is 1. The molecule has 0 saturated heterocycles. The highest BCUT2D eigenvalue weighted by Gasteiger charge is 2.55. The van der Waals surface area contributed by atoms with Crippen LogP contribution in [0.2, 0.25) is 0 Å². The lowest BCUT2D eigenvalue weighted by Gasteiger charge is -2.22. The Hall–Kier alpha value is -0.900. The van der Waals surface area contributed by atoms with Gasteiger partial charge in [0.25, 0.3) is 0 Å². The predicted molar refractivity (Wildman–Crippen MR) is 60.0 cm³/mol. The van der Waals surface area contributed by atoms with E-state index in [0.29, 0.717) is 6.04 Å². The Morgan fingerprint density at radius 1 is 1.19 bits per heavy atom. The van der Waals surface area contributed by atoms with Gasteiger partial charge in [-0.25, -0.2) is 0 Å². The van der Waals surface area contributed by atoms with Gasteiger partial charge in [-0.2, -0.15) is 0 Å². The molecule has 2 saturated carbocycles. The van der Waals surface area contributed by atoms with Crippen LogP contribution < -0.4 is 5.32 Å². The summed E-state index contributed by atoms with van der Waals surface area (Å²) in [6.07, 6.45) is 4.28. The van der Waals surface area contributed by atoms with E-state index < -0.39 is 0 Å². The fraction of sp³-hybridized carbons (Fsp3) is 0.833. The summed E-state index contributed by atoms with van der Waals surface area (Å²) in [5, 5.41) is 12.3. The molecule has 0 aromatic carbocycles. The molecule has 2 heterocycles. The van der Waals surface area contributed by atoms with Gasteiger partial charge in [0.2, 0.25) is 0 Å². The molecular weight excluding hydrogens is 200 g/mol. The van der Waals surface area contributed by atoms with Crippen LogP contribution in [0.4, 0.5) is 0 Å². The summed E-state index contributed by atoms with van der Waals surface area (Å²) >= 11 is 0. The van der Waals surface area contributed by atoms with Crippen LogP contribution in [0.1, 0.15) is 49.8 Å². The van der Waals surface area contributed by atoms with Gasteiger partial charge in [0.15, 0.2) is 0 Å². The lowest BCUT2D eigenvalue weighted by atomic mass is 10.1. The van der Waals surface area contributed by atoms with Gasteiger partial charge in [-0.15, -0.1) is 10.2 Å². The van der Waals surface area contributed by atoms with Crippen molar-refractivity contribution in [3.63, 3.8) is 0 Å². The third kappa shape index (κ3) is 1.08. The van der Waals surface area contributed by atoms with Crippen molar-refractivity contribution in [3.05, 3.63) is 11.6 Å². The van der Waals surface area contributed by atoms with Crippen LogP contribution in [0.5, 0.6) is 0 Å². The summed E-state index contributed by atoms with van der Waals surface area (Å²) in [4.78, 5) is 0. The van der Waals surface area contributed by atoms with Crippen molar-refractivity contribution in [1.29, 1.82) is 0 Å². The van der Waals surface area contributed by atoms with Gasteiger partial charge in [0, 0.05) is 19.0 Å². The summed E-state index contributed by atoms with van der Waals surface area (Å²) in [6.45, 7) is 4.29. The molecular formula is C12H18N4. The first-order valence-electron chi connectivity index (χ1n) is 6.52. The molecule has 3 aliphatic rings. The zero-order valence-corrected chi connectivity index (χ0v) is 9.69. The molecule has 1 aliphatic heterocycles. The first kappa shape index (κ1) is 9.16. The SMILES string of the molecule is CC1NCCn2c1nnc2C1C2CCCC21. The van der Waals surface area contributed by atoms with Gasteiger partial charge in [0.1, 0.15) is 11.6 Å². The third-order valence-corrected chi connectivity index (χ3v) is 4.69. The summed E-state index contributed by atoms with van der Waals surface area (Å²) in [5.74, 6) is 5.07. The Morgan fingerprint density at radius 3 is 2.75 bits per heavy atom. The number of aromatic nitrogens is 3. The van der Waals surface area contributed by atoms with E-state index in [-0.39, 0.29) is 0 Å². The smallest absolute Gasteiger partial charge is 0.149 e. The van der Waals surface area contributed by atoms with Crippen molar-refractivity contribution in [2.75, 3.05) is 6.54 Å². The van der Waals surface area contributed by atoms with E-state index in [2.05, 4.69) is 27.0 Å². The van der Waals surface area contributed by atoms with E-state index in [1.807, 2.05) is 0 Å². The van der Waals surface area contributed by atoms with Crippen molar-refractivity contribution in [3.8, 4) is 0 Å². The maximum atomic E-state index is 4.47. The molecule has 3 unspecified atom stereocenters. The quantitative estimate of drug-likeness (QED) is 0.776. The Morgan fingerprint density at radius 2 is 1.94 bits per heavy atom. The molecule has 1 N–H and O–H groups in total. The maximum Gasteiger partial charge on any atom is 0.149 e. The van der Waals surface area contributed by atoms with Crippen molar-refractivity contribution >= 4 is 0 Å². The Labute approximate surface area is 95.4 Å². The molecule has 4 heteroatoms. The molecule has 16 heavy (non-hydrogen) atoms. The van der Waals surface area contributed by atoms with Gasteiger partial charge >= 0.3 is 0 Å². The molecule has 3 atom stereocenters. The molecule has 0 bridgehead atoms. The molecule has 0 radical (unpaired) electrons. The minimum absolute atomic E-state index is 0.369. The van der Waals surface area contributed by atoms with Gasteiger partial charge in [0.05, 0.1) is 6.04 Å². The highest BCUT2D eigenvalue weighted by molar-refractivity contribution is 5.20. The Kier molecular flexibility index (Phi) is 1.76. The van der Waals surface area contributed by atoms with Gasteiger partial charge < -0.3 is 9.88 Å². The highest BCUT2D eigenvalue weighted by atomic mass is 15.3. The molecule has 86 valence electrons. The van der Waals surface area contributed by atoms with Gasteiger partial charge in [-0.3, -0.25) is 0 Å². The van der Waals surface area contributed by atoms with E-state index in [4.69, 9.17) is 0 Å². The van der Waals surface area contributed by atoms with Crippen LogP contribution in [0.3, 0.4) is 0 Å². The van der Waals surface area contributed by atoms with Crippen LogP contribution in [0, 0.1) is 11.8 Å². The maximum absolute atomic E-state index is 4.47. The van der Waals surface area contributed by atoms with Gasteiger partial charge in [-0.1, -0.05) is 6.42 Å². The molecule has 0 spiro atoms. The third-order valence-electron chi connectivity index (χ3n) is 4.69. The summed E-state index contributed by atoms with van der Waals surface area (Å²) in [5.41, 5.74) is 0.